The van der Waals surface area contributed by atoms with Gasteiger partial charge in [-0.15, -0.1) is 0 Å². The molecule has 2 aliphatic rings. The Kier molecular flexibility index (Phi) is 4.78. The van der Waals surface area contributed by atoms with Crippen molar-refractivity contribution in [3.63, 3.8) is 0 Å². The molecule has 2 amide bonds. The SMILES string of the molecule is C[C@H]1CN=C(N2CCN(C(=O)Nc3ccccc3Cl)CC2)S1. The Morgan fingerprint density at radius 3 is 2.68 bits per heavy atom. The third kappa shape index (κ3) is 3.50. The summed E-state index contributed by atoms with van der Waals surface area (Å²) >= 11 is 7.90. The van der Waals surface area contributed by atoms with E-state index in [9.17, 15) is 4.79 Å². The van der Waals surface area contributed by atoms with Crippen LogP contribution in [0.3, 0.4) is 0 Å². The highest BCUT2D eigenvalue weighted by Gasteiger charge is 2.26. The van der Waals surface area contributed by atoms with Crippen LogP contribution in [0.5, 0.6) is 0 Å². The number of urea groups is 1. The zero-order chi connectivity index (χ0) is 15.5. The van der Waals surface area contributed by atoms with Gasteiger partial charge in [-0.3, -0.25) is 4.99 Å². The van der Waals surface area contributed by atoms with E-state index in [1.165, 1.54) is 0 Å². The number of benzene rings is 1. The van der Waals surface area contributed by atoms with Crippen molar-refractivity contribution in [3.8, 4) is 0 Å². The second-order valence-electron chi connectivity index (χ2n) is 5.44. The van der Waals surface area contributed by atoms with Crippen molar-refractivity contribution >= 4 is 40.2 Å². The molecule has 0 spiro atoms. The lowest BCUT2D eigenvalue weighted by Gasteiger charge is -2.35. The van der Waals surface area contributed by atoms with E-state index in [-0.39, 0.29) is 6.03 Å². The quantitative estimate of drug-likeness (QED) is 0.856. The van der Waals surface area contributed by atoms with E-state index in [1.807, 2.05) is 34.9 Å². The van der Waals surface area contributed by atoms with Crippen molar-refractivity contribution < 1.29 is 4.79 Å². The molecule has 1 atom stereocenters. The Bertz CT molecular complexity index is 587. The molecule has 1 fully saturated rings. The summed E-state index contributed by atoms with van der Waals surface area (Å²) in [4.78, 5) is 21.0. The number of halogens is 1. The molecule has 1 saturated heterocycles. The third-order valence-corrected chi connectivity index (χ3v) is 5.22. The lowest BCUT2D eigenvalue weighted by Crippen LogP contribution is -2.51. The molecule has 0 saturated carbocycles. The average molecular weight is 339 g/mol. The standard InChI is InChI=1S/C15H19ClN4OS/c1-11-10-17-15(22-11)20-8-6-19(7-9-20)14(21)18-13-5-3-2-4-12(13)16/h2-5,11H,6-10H2,1H3,(H,18,21)/t11-/m0/s1. The number of anilines is 1. The van der Waals surface area contributed by atoms with Crippen LogP contribution < -0.4 is 5.32 Å². The summed E-state index contributed by atoms with van der Waals surface area (Å²) in [7, 11) is 0. The van der Waals surface area contributed by atoms with E-state index in [0.717, 1.165) is 24.8 Å². The Labute approximate surface area is 139 Å². The Morgan fingerprint density at radius 1 is 1.32 bits per heavy atom. The van der Waals surface area contributed by atoms with Crippen LogP contribution in [0.4, 0.5) is 10.5 Å². The minimum Gasteiger partial charge on any atom is -0.348 e. The van der Waals surface area contributed by atoms with Gasteiger partial charge in [0.05, 0.1) is 17.3 Å². The van der Waals surface area contributed by atoms with Crippen LogP contribution in [-0.4, -0.2) is 59.0 Å². The van der Waals surface area contributed by atoms with Gasteiger partial charge in [0.1, 0.15) is 0 Å². The molecular weight excluding hydrogens is 320 g/mol. The van der Waals surface area contributed by atoms with E-state index in [2.05, 4.69) is 22.1 Å². The predicted octanol–water partition coefficient (Wildman–Crippen LogP) is 2.98. The molecule has 2 aliphatic heterocycles. The van der Waals surface area contributed by atoms with Crippen molar-refractivity contribution in [2.24, 2.45) is 4.99 Å². The molecular formula is C15H19ClN4OS. The monoisotopic (exact) mass is 338 g/mol. The molecule has 0 unspecified atom stereocenters. The summed E-state index contributed by atoms with van der Waals surface area (Å²) in [5, 5.41) is 5.12. The molecule has 3 rings (SSSR count). The van der Waals surface area contributed by atoms with Crippen LogP contribution in [-0.2, 0) is 0 Å². The van der Waals surface area contributed by atoms with Crippen LogP contribution in [0.25, 0.3) is 0 Å². The minimum atomic E-state index is -0.0952. The second-order valence-corrected chi connectivity index (χ2v) is 7.25. The number of rotatable bonds is 1. The first kappa shape index (κ1) is 15.5. The first-order chi connectivity index (χ1) is 10.6. The van der Waals surface area contributed by atoms with Gasteiger partial charge in [0.2, 0.25) is 0 Å². The van der Waals surface area contributed by atoms with Crippen molar-refractivity contribution in [3.05, 3.63) is 29.3 Å². The molecule has 2 heterocycles. The molecule has 1 N–H and O–H groups in total. The molecule has 0 aliphatic carbocycles. The lowest BCUT2D eigenvalue weighted by molar-refractivity contribution is 0.182. The first-order valence-electron chi connectivity index (χ1n) is 7.40. The van der Waals surface area contributed by atoms with Gasteiger partial charge in [-0.2, -0.15) is 0 Å². The fourth-order valence-corrected chi connectivity index (χ4v) is 3.67. The number of amidine groups is 1. The smallest absolute Gasteiger partial charge is 0.322 e. The summed E-state index contributed by atoms with van der Waals surface area (Å²) in [6.45, 7) is 6.14. The number of thioether (sulfide) groups is 1. The maximum Gasteiger partial charge on any atom is 0.322 e. The topological polar surface area (TPSA) is 47.9 Å². The zero-order valence-corrected chi connectivity index (χ0v) is 14.0. The number of hydrogen-bond acceptors (Lipinski definition) is 4. The van der Waals surface area contributed by atoms with Gasteiger partial charge in [0.15, 0.2) is 5.17 Å². The number of nitrogens with one attached hydrogen (secondary N) is 1. The summed E-state index contributed by atoms with van der Waals surface area (Å²) in [6, 6.07) is 7.18. The molecule has 5 nitrogen and oxygen atoms in total. The van der Waals surface area contributed by atoms with Gasteiger partial charge in [-0.25, -0.2) is 4.79 Å². The number of piperazine rings is 1. The lowest BCUT2D eigenvalue weighted by atomic mass is 10.3. The molecule has 0 aromatic heterocycles. The predicted molar refractivity (Wildman–Crippen MR) is 93.0 cm³/mol. The van der Waals surface area contributed by atoms with Gasteiger partial charge in [0, 0.05) is 31.4 Å². The molecule has 118 valence electrons. The van der Waals surface area contributed by atoms with Crippen LogP contribution >= 0.6 is 23.4 Å². The second kappa shape index (κ2) is 6.79. The highest BCUT2D eigenvalue weighted by atomic mass is 35.5. The minimum absolute atomic E-state index is 0.0952. The number of amides is 2. The number of aliphatic imine (C=N–C) groups is 1. The molecule has 0 bridgehead atoms. The molecule has 0 radical (unpaired) electrons. The van der Waals surface area contributed by atoms with Crippen LogP contribution in [0.2, 0.25) is 5.02 Å². The van der Waals surface area contributed by atoms with Gasteiger partial charge in [0.25, 0.3) is 0 Å². The fraction of sp³-hybridized carbons (Fsp3) is 0.467. The number of nitrogens with zero attached hydrogens (tertiary/aromatic N) is 3. The van der Waals surface area contributed by atoms with Crippen LogP contribution in [0, 0.1) is 0 Å². The third-order valence-electron chi connectivity index (χ3n) is 3.74. The Hall–Kier alpha value is -1.40. The largest absolute Gasteiger partial charge is 0.348 e. The summed E-state index contributed by atoms with van der Waals surface area (Å²) in [5.74, 6) is 0. The van der Waals surface area contributed by atoms with Crippen molar-refractivity contribution in [1.82, 2.24) is 9.80 Å². The van der Waals surface area contributed by atoms with Gasteiger partial charge >= 0.3 is 6.03 Å². The molecule has 22 heavy (non-hydrogen) atoms. The van der Waals surface area contributed by atoms with Gasteiger partial charge in [-0.05, 0) is 12.1 Å². The maximum atomic E-state index is 12.3. The Morgan fingerprint density at radius 2 is 2.05 bits per heavy atom. The van der Waals surface area contributed by atoms with E-state index in [1.54, 1.807) is 6.07 Å². The number of para-hydroxylation sites is 1. The maximum absolute atomic E-state index is 12.3. The molecule has 1 aromatic rings. The Balaban J connectivity index is 1.53. The zero-order valence-electron chi connectivity index (χ0n) is 12.5. The first-order valence-corrected chi connectivity index (χ1v) is 8.66. The number of carbonyl (C=O) groups excluding carboxylic acids is 1. The highest BCUT2D eigenvalue weighted by Crippen LogP contribution is 2.24. The van der Waals surface area contributed by atoms with E-state index in [0.29, 0.717) is 29.0 Å². The van der Waals surface area contributed by atoms with Crippen LogP contribution in [0.15, 0.2) is 29.3 Å². The van der Waals surface area contributed by atoms with E-state index in [4.69, 9.17) is 11.6 Å². The normalized spacial score (nSPS) is 21.7. The van der Waals surface area contributed by atoms with Crippen LogP contribution in [0.1, 0.15) is 6.92 Å². The highest BCUT2D eigenvalue weighted by molar-refractivity contribution is 8.14. The fourth-order valence-electron chi connectivity index (χ4n) is 2.49. The number of hydrogen-bond donors (Lipinski definition) is 1. The van der Waals surface area contributed by atoms with E-state index >= 15 is 0 Å². The van der Waals surface area contributed by atoms with Gasteiger partial charge in [-0.1, -0.05) is 42.4 Å². The molecule has 7 heteroatoms. The summed E-state index contributed by atoms with van der Waals surface area (Å²) < 4.78 is 0. The summed E-state index contributed by atoms with van der Waals surface area (Å²) in [5.41, 5.74) is 0.654. The number of carbonyl (C=O) groups is 1. The summed E-state index contributed by atoms with van der Waals surface area (Å²) in [6.07, 6.45) is 0. The van der Waals surface area contributed by atoms with Crippen molar-refractivity contribution in [2.75, 3.05) is 38.0 Å². The van der Waals surface area contributed by atoms with Crippen molar-refractivity contribution in [1.29, 1.82) is 0 Å². The van der Waals surface area contributed by atoms with Gasteiger partial charge < -0.3 is 15.1 Å². The average Bonchev–Trinajstić information content (AvgIpc) is 2.96. The van der Waals surface area contributed by atoms with E-state index < -0.39 is 0 Å². The van der Waals surface area contributed by atoms with Crippen molar-refractivity contribution in [2.45, 2.75) is 12.2 Å². The molecule has 1 aromatic carbocycles.